The van der Waals surface area contributed by atoms with E-state index in [9.17, 15) is 9.59 Å². The number of anilines is 2. The molecule has 3 rings (SSSR count). The molecule has 4 nitrogen and oxygen atoms in total. The Morgan fingerprint density at radius 1 is 1.12 bits per heavy atom. The lowest BCUT2D eigenvalue weighted by Gasteiger charge is -2.17. The Hall–Kier alpha value is -1.75. The van der Waals surface area contributed by atoms with Crippen LogP contribution in [0.5, 0.6) is 0 Å². The number of carbonyl (C=O) groups excluding carboxylic acids is 2. The summed E-state index contributed by atoms with van der Waals surface area (Å²) in [6, 6.07) is 10.6. The SMILES string of the molecule is Cc1cccc(N2CC(C(=O)Nc3cc(Cl)c(Cl)cc3Cl)CC2=O)c1. The Morgan fingerprint density at radius 2 is 1.84 bits per heavy atom. The lowest BCUT2D eigenvalue weighted by Crippen LogP contribution is -2.28. The van der Waals surface area contributed by atoms with Gasteiger partial charge >= 0.3 is 0 Å². The van der Waals surface area contributed by atoms with Crippen LogP contribution in [0.4, 0.5) is 11.4 Å². The smallest absolute Gasteiger partial charge is 0.229 e. The van der Waals surface area contributed by atoms with Crippen molar-refractivity contribution in [1.29, 1.82) is 0 Å². The monoisotopic (exact) mass is 396 g/mol. The Morgan fingerprint density at radius 3 is 2.56 bits per heavy atom. The van der Waals surface area contributed by atoms with Crippen LogP contribution in [-0.4, -0.2) is 18.4 Å². The number of nitrogens with one attached hydrogen (secondary N) is 1. The molecule has 1 aliphatic rings. The molecule has 0 spiro atoms. The first kappa shape index (κ1) is 18.1. The normalized spacial score (nSPS) is 17.0. The molecule has 7 heteroatoms. The highest BCUT2D eigenvalue weighted by atomic mass is 35.5. The molecule has 0 radical (unpaired) electrons. The molecule has 1 fully saturated rings. The van der Waals surface area contributed by atoms with Crippen LogP contribution in [0.1, 0.15) is 12.0 Å². The number of hydrogen-bond acceptors (Lipinski definition) is 2. The average molecular weight is 398 g/mol. The van der Waals surface area contributed by atoms with Gasteiger partial charge in [0.05, 0.1) is 26.7 Å². The van der Waals surface area contributed by atoms with Gasteiger partial charge in [0.15, 0.2) is 0 Å². The zero-order valence-electron chi connectivity index (χ0n) is 13.4. The van der Waals surface area contributed by atoms with E-state index < -0.39 is 5.92 Å². The van der Waals surface area contributed by atoms with E-state index in [0.29, 0.717) is 27.3 Å². The molecule has 1 saturated heterocycles. The highest BCUT2D eigenvalue weighted by Gasteiger charge is 2.35. The van der Waals surface area contributed by atoms with E-state index in [-0.39, 0.29) is 18.2 Å². The van der Waals surface area contributed by atoms with E-state index in [0.717, 1.165) is 11.3 Å². The standard InChI is InChI=1S/C18H15Cl3N2O2/c1-10-3-2-4-12(5-10)23-9-11(6-17(23)24)18(25)22-16-8-14(20)13(19)7-15(16)21/h2-5,7-8,11H,6,9H2,1H3,(H,22,25). The first-order valence-electron chi connectivity index (χ1n) is 7.67. The molecule has 1 unspecified atom stereocenters. The highest BCUT2D eigenvalue weighted by molar-refractivity contribution is 6.44. The van der Waals surface area contributed by atoms with Crippen LogP contribution in [0.25, 0.3) is 0 Å². The molecule has 2 aromatic rings. The van der Waals surface area contributed by atoms with Gasteiger partial charge in [-0.05, 0) is 36.8 Å². The van der Waals surface area contributed by atoms with Crippen LogP contribution >= 0.6 is 34.8 Å². The summed E-state index contributed by atoms with van der Waals surface area (Å²) in [5.74, 6) is -0.812. The van der Waals surface area contributed by atoms with Gasteiger partial charge in [-0.2, -0.15) is 0 Å². The molecule has 2 aromatic carbocycles. The number of nitrogens with zero attached hydrogens (tertiary/aromatic N) is 1. The summed E-state index contributed by atoms with van der Waals surface area (Å²) in [5.41, 5.74) is 2.23. The second-order valence-corrected chi connectivity index (χ2v) is 7.20. The number of aryl methyl sites for hydroxylation is 1. The predicted molar refractivity (Wildman–Crippen MR) is 102 cm³/mol. The Labute approximate surface area is 160 Å². The quantitative estimate of drug-likeness (QED) is 0.745. The second-order valence-electron chi connectivity index (χ2n) is 5.98. The van der Waals surface area contributed by atoms with Crippen molar-refractivity contribution in [3.8, 4) is 0 Å². The fraction of sp³-hybridized carbons (Fsp3) is 0.222. The van der Waals surface area contributed by atoms with Crippen LogP contribution in [0.15, 0.2) is 36.4 Å². The molecular weight excluding hydrogens is 383 g/mol. The molecular formula is C18H15Cl3N2O2. The van der Waals surface area contributed by atoms with Gasteiger partial charge in [0, 0.05) is 18.7 Å². The summed E-state index contributed by atoms with van der Waals surface area (Å²) in [6.07, 6.45) is 0.152. The largest absolute Gasteiger partial charge is 0.324 e. The van der Waals surface area contributed by atoms with E-state index in [1.54, 1.807) is 4.90 Å². The number of amides is 2. The number of halogens is 3. The molecule has 2 amide bonds. The minimum atomic E-state index is -0.460. The van der Waals surface area contributed by atoms with Gasteiger partial charge in [-0.25, -0.2) is 0 Å². The molecule has 1 atom stereocenters. The van der Waals surface area contributed by atoms with Gasteiger partial charge in [-0.1, -0.05) is 46.9 Å². The number of rotatable bonds is 3. The van der Waals surface area contributed by atoms with Crippen molar-refractivity contribution in [1.82, 2.24) is 0 Å². The van der Waals surface area contributed by atoms with Crippen molar-refractivity contribution < 1.29 is 9.59 Å². The Bertz CT molecular complexity index is 854. The van der Waals surface area contributed by atoms with Crippen molar-refractivity contribution in [2.24, 2.45) is 5.92 Å². The Kier molecular flexibility index (Phi) is 5.23. The third-order valence-corrected chi connectivity index (χ3v) is 5.11. The van der Waals surface area contributed by atoms with E-state index in [4.69, 9.17) is 34.8 Å². The fourth-order valence-corrected chi connectivity index (χ4v) is 3.38. The topological polar surface area (TPSA) is 49.4 Å². The first-order valence-corrected chi connectivity index (χ1v) is 8.81. The summed E-state index contributed by atoms with van der Waals surface area (Å²) in [4.78, 5) is 26.5. The minimum Gasteiger partial charge on any atom is -0.324 e. The molecule has 25 heavy (non-hydrogen) atoms. The number of carbonyl (C=O) groups is 2. The molecule has 0 saturated carbocycles. The molecule has 1 N–H and O–H groups in total. The van der Waals surface area contributed by atoms with Gasteiger partial charge < -0.3 is 10.2 Å². The lowest BCUT2D eigenvalue weighted by atomic mass is 10.1. The Balaban J connectivity index is 1.74. The zero-order valence-corrected chi connectivity index (χ0v) is 15.6. The third-order valence-electron chi connectivity index (χ3n) is 4.08. The van der Waals surface area contributed by atoms with Crippen LogP contribution < -0.4 is 10.2 Å². The van der Waals surface area contributed by atoms with Gasteiger partial charge in [0.25, 0.3) is 0 Å². The minimum absolute atomic E-state index is 0.0778. The molecule has 130 valence electrons. The van der Waals surface area contributed by atoms with Gasteiger partial charge in [0.1, 0.15) is 0 Å². The van der Waals surface area contributed by atoms with Crippen molar-refractivity contribution >= 4 is 58.0 Å². The maximum absolute atomic E-state index is 12.5. The summed E-state index contributed by atoms with van der Waals surface area (Å²) >= 11 is 17.9. The van der Waals surface area contributed by atoms with Gasteiger partial charge in [-0.3, -0.25) is 9.59 Å². The van der Waals surface area contributed by atoms with Crippen LogP contribution in [0.2, 0.25) is 15.1 Å². The molecule has 0 aromatic heterocycles. The average Bonchev–Trinajstić information content (AvgIpc) is 2.94. The lowest BCUT2D eigenvalue weighted by molar-refractivity contribution is -0.122. The molecule has 1 heterocycles. The maximum atomic E-state index is 12.5. The summed E-state index contributed by atoms with van der Waals surface area (Å²) in [5, 5.41) is 3.63. The fourth-order valence-electron chi connectivity index (χ4n) is 2.78. The molecule has 1 aliphatic heterocycles. The van der Waals surface area contributed by atoms with Crippen molar-refractivity contribution in [2.75, 3.05) is 16.8 Å². The van der Waals surface area contributed by atoms with E-state index >= 15 is 0 Å². The van der Waals surface area contributed by atoms with E-state index in [1.807, 2.05) is 31.2 Å². The predicted octanol–water partition coefficient (Wildman–Crippen LogP) is 4.95. The van der Waals surface area contributed by atoms with Crippen LogP contribution in [0.3, 0.4) is 0 Å². The van der Waals surface area contributed by atoms with Crippen molar-refractivity contribution in [2.45, 2.75) is 13.3 Å². The summed E-state index contributed by atoms with van der Waals surface area (Å²) in [7, 11) is 0. The van der Waals surface area contributed by atoms with Gasteiger partial charge in [-0.15, -0.1) is 0 Å². The molecule has 0 bridgehead atoms. The number of benzene rings is 2. The maximum Gasteiger partial charge on any atom is 0.229 e. The highest BCUT2D eigenvalue weighted by Crippen LogP contribution is 2.33. The first-order chi connectivity index (χ1) is 11.8. The second kappa shape index (κ2) is 7.24. The van der Waals surface area contributed by atoms with Crippen molar-refractivity contribution in [3.05, 3.63) is 57.0 Å². The van der Waals surface area contributed by atoms with E-state index in [1.165, 1.54) is 12.1 Å². The van der Waals surface area contributed by atoms with Crippen molar-refractivity contribution in [3.63, 3.8) is 0 Å². The third kappa shape index (κ3) is 3.92. The summed E-state index contributed by atoms with van der Waals surface area (Å²) < 4.78 is 0. The van der Waals surface area contributed by atoms with Gasteiger partial charge in [0.2, 0.25) is 11.8 Å². The van der Waals surface area contributed by atoms with Crippen LogP contribution in [-0.2, 0) is 9.59 Å². The summed E-state index contributed by atoms with van der Waals surface area (Å²) in [6.45, 7) is 2.29. The zero-order chi connectivity index (χ0) is 18.1. The molecule has 0 aliphatic carbocycles. The van der Waals surface area contributed by atoms with E-state index in [2.05, 4.69) is 5.32 Å². The van der Waals surface area contributed by atoms with Crippen LogP contribution in [0, 0.1) is 12.8 Å². The number of hydrogen-bond donors (Lipinski definition) is 1.